The van der Waals surface area contributed by atoms with Crippen LogP contribution in [0.4, 0.5) is 0 Å². The summed E-state index contributed by atoms with van der Waals surface area (Å²) in [6, 6.07) is 2.71. The number of amides is 1. The van der Waals surface area contributed by atoms with E-state index in [9.17, 15) is 9.59 Å². The van der Waals surface area contributed by atoms with Crippen LogP contribution in [0.25, 0.3) is 0 Å². The molecule has 1 aliphatic rings. The molecule has 1 aromatic heterocycles. The number of rotatable bonds is 3. The van der Waals surface area contributed by atoms with E-state index < -0.39 is 5.54 Å². The van der Waals surface area contributed by atoms with Crippen LogP contribution in [0.1, 0.15) is 36.0 Å². The van der Waals surface area contributed by atoms with Gasteiger partial charge in [0, 0.05) is 12.3 Å². The number of nitrogens with two attached hydrogens (primary N) is 1. The summed E-state index contributed by atoms with van der Waals surface area (Å²) in [4.78, 5) is 25.5. The molecule has 19 heavy (non-hydrogen) atoms. The number of carbonyl (C=O) groups excluding carboxylic acids is 1. The molecular weight excluding hydrogens is 248 g/mol. The number of hydrogen-bond donors (Lipinski definition) is 4. The Balaban J connectivity index is 2.20. The van der Waals surface area contributed by atoms with Gasteiger partial charge in [-0.15, -0.1) is 0 Å². The highest BCUT2D eigenvalue weighted by Crippen LogP contribution is 2.30. The standard InChI is InChI=1S/C12H16N4O3/c13-11(16-19)12(5-1-2-6-12)15-10(18)8-3-4-9(17)14-7-8/h3-4,7,19H,1-2,5-6H2,(H2,13,16)(H,14,17)(H,15,18). The van der Waals surface area contributed by atoms with Crippen molar-refractivity contribution in [2.75, 3.05) is 0 Å². The largest absolute Gasteiger partial charge is 0.409 e. The summed E-state index contributed by atoms with van der Waals surface area (Å²) in [6.45, 7) is 0. The number of H-pyrrole nitrogens is 1. The molecular formula is C12H16N4O3. The molecule has 1 aromatic rings. The first-order chi connectivity index (χ1) is 9.07. The quantitative estimate of drug-likeness (QED) is 0.269. The van der Waals surface area contributed by atoms with E-state index in [2.05, 4.69) is 15.5 Å². The predicted octanol–water partition coefficient (Wildman–Crippen LogP) is 0.164. The number of amidine groups is 1. The fraction of sp³-hybridized carbons (Fsp3) is 0.417. The van der Waals surface area contributed by atoms with Gasteiger partial charge < -0.3 is 21.2 Å². The summed E-state index contributed by atoms with van der Waals surface area (Å²) in [6.07, 6.45) is 4.42. The second kappa shape index (κ2) is 5.13. The van der Waals surface area contributed by atoms with Gasteiger partial charge in [-0.05, 0) is 18.9 Å². The van der Waals surface area contributed by atoms with Gasteiger partial charge in [0.05, 0.1) is 5.56 Å². The lowest BCUT2D eigenvalue weighted by Gasteiger charge is -2.28. The van der Waals surface area contributed by atoms with E-state index >= 15 is 0 Å². The van der Waals surface area contributed by atoms with Crippen molar-refractivity contribution < 1.29 is 10.0 Å². The molecule has 1 saturated carbocycles. The van der Waals surface area contributed by atoms with E-state index in [-0.39, 0.29) is 17.3 Å². The Labute approximate surface area is 109 Å². The normalized spacial score (nSPS) is 18.2. The van der Waals surface area contributed by atoms with E-state index in [0.717, 1.165) is 12.8 Å². The lowest BCUT2D eigenvalue weighted by atomic mass is 9.95. The summed E-state index contributed by atoms with van der Waals surface area (Å²) >= 11 is 0. The number of hydrogen-bond acceptors (Lipinski definition) is 4. The summed E-state index contributed by atoms with van der Waals surface area (Å²) in [5.74, 6) is -0.340. The average Bonchev–Trinajstić information content (AvgIpc) is 2.88. The predicted molar refractivity (Wildman–Crippen MR) is 69.1 cm³/mol. The topological polar surface area (TPSA) is 121 Å². The lowest BCUT2D eigenvalue weighted by molar-refractivity contribution is 0.0922. The first-order valence-electron chi connectivity index (χ1n) is 6.07. The van der Waals surface area contributed by atoms with Gasteiger partial charge in [0.25, 0.3) is 5.91 Å². The van der Waals surface area contributed by atoms with Crippen LogP contribution in [0.5, 0.6) is 0 Å². The van der Waals surface area contributed by atoms with Crippen molar-refractivity contribution >= 4 is 11.7 Å². The first-order valence-corrected chi connectivity index (χ1v) is 6.07. The number of aromatic nitrogens is 1. The molecule has 0 radical (unpaired) electrons. The van der Waals surface area contributed by atoms with E-state index in [1.807, 2.05) is 0 Å². The van der Waals surface area contributed by atoms with E-state index in [1.54, 1.807) is 0 Å². The summed E-state index contributed by atoms with van der Waals surface area (Å²) in [5, 5.41) is 14.7. The minimum Gasteiger partial charge on any atom is -0.409 e. The molecule has 0 aliphatic heterocycles. The number of carbonyl (C=O) groups is 1. The molecule has 7 heteroatoms. The van der Waals surface area contributed by atoms with Crippen molar-refractivity contribution in [2.45, 2.75) is 31.2 Å². The number of aromatic amines is 1. The smallest absolute Gasteiger partial charge is 0.253 e. The fourth-order valence-corrected chi connectivity index (χ4v) is 2.36. The number of nitrogens with one attached hydrogen (secondary N) is 2. The van der Waals surface area contributed by atoms with Crippen molar-refractivity contribution in [2.24, 2.45) is 10.9 Å². The van der Waals surface area contributed by atoms with E-state index in [4.69, 9.17) is 10.9 Å². The molecule has 0 unspecified atom stereocenters. The maximum atomic E-state index is 12.1. The van der Waals surface area contributed by atoms with Crippen molar-refractivity contribution in [3.05, 3.63) is 34.2 Å². The molecule has 1 heterocycles. The van der Waals surface area contributed by atoms with Crippen LogP contribution in [0, 0.1) is 0 Å². The molecule has 0 spiro atoms. The third-order valence-corrected chi connectivity index (χ3v) is 3.45. The Bertz CT molecular complexity index is 538. The third-order valence-electron chi connectivity index (χ3n) is 3.45. The maximum absolute atomic E-state index is 12.1. The van der Waals surface area contributed by atoms with Crippen LogP contribution in [0.2, 0.25) is 0 Å². The van der Waals surface area contributed by atoms with Gasteiger partial charge in [0.15, 0.2) is 5.84 Å². The second-order valence-electron chi connectivity index (χ2n) is 4.67. The number of oxime groups is 1. The van der Waals surface area contributed by atoms with Crippen LogP contribution < -0.4 is 16.6 Å². The highest BCUT2D eigenvalue weighted by molar-refractivity contribution is 6.00. The highest BCUT2D eigenvalue weighted by Gasteiger charge is 2.39. The van der Waals surface area contributed by atoms with Crippen molar-refractivity contribution in [1.29, 1.82) is 0 Å². The molecule has 1 aliphatic carbocycles. The molecule has 7 nitrogen and oxygen atoms in total. The van der Waals surface area contributed by atoms with E-state index in [1.165, 1.54) is 18.3 Å². The van der Waals surface area contributed by atoms with Gasteiger partial charge in [0.2, 0.25) is 5.56 Å². The van der Waals surface area contributed by atoms with Gasteiger partial charge >= 0.3 is 0 Å². The van der Waals surface area contributed by atoms with Crippen LogP contribution in [-0.4, -0.2) is 27.5 Å². The zero-order valence-electron chi connectivity index (χ0n) is 10.3. The SMILES string of the molecule is N/C(=N/O)C1(NC(=O)c2ccc(=O)[nH]c2)CCCC1. The number of pyridine rings is 1. The van der Waals surface area contributed by atoms with Crippen molar-refractivity contribution in [3.63, 3.8) is 0 Å². The van der Waals surface area contributed by atoms with Crippen molar-refractivity contribution in [3.8, 4) is 0 Å². The monoisotopic (exact) mass is 264 g/mol. The molecule has 5 N–H and O–H groups in total. The molecule has 102 valence electrons. The fourth-order valence-electron chi connectivity index (χ4n) is 2.36. The van der Waals surface area contributed by atoms with Gasteiger partial charge in [-0.1, -0.05) is 18.0 Å². The van der Waals surface area contributed by atoms with Crippen molar-refractivity contribution in [1.82, 2.24) is 10.3 Å². The summed E-state index contributed by atoms with van der Waals surface area (Å²) < 4.78 is 0. The Morgan fingerprint density at radius 2 is 2.11 bits per heavy atom. The molecule has 0 atom stereocenters. The minimum atomic E-state index is -0.790. The summed E-state index contributed by atoms with van der Waals surface area (Å²) in [5.41, 5.74) is 4.96. The molecule has 0 saturated heterocycles. The zero-order chi connectivity index (χ0) is 13.9. The second-order valence-corrected chi connectivity index (χ2v) is 4.67. The highest BCUT2D eigenvalue weighted by atomic mass is 16.4. The van der Waals surface area contributed by atoms with Gasteiger partial charge in [-0.2, -0.15) is 0 Å². The minimum absolute atomic E-state index is 0.0165. The van der Waals surface area contributed by atoms with Gasteiger partial charge in [-0.25, -0.2) is 0 Å². The van der Waals surface area contributed by atoms with Crippen LogP contribution in [0.3, 0.4) is 0 Å². The molecule has 2 rings (SSSR count). The van der Waals surface area contributed by atoms with E-state index in [0.29, 0.717) is 18.4 Å². The Hall–Kier alpha value is -2.31. The lowest BCUT2D eigenvalue weighted by Crippen LogP contribution is -2.55. The Morgan fingerprint density at radius 3 is 2.63 bits per heavy atom. The number of nitrogens with zero attached hydrogens (tertiary/aromatic N) is 1. The Morgan fingerprint density at radius 1 is 1.42 bits per heavy atom. The summed E-state index contributed by atoms with van der Waals surface area (Å²) in [7, 11) is 0. The maximum Gasteiger partial charge on any atom is 0.253 e. The van der Waals surface area contributed by atoms with Crippen LogP contribution >= 0.6 is 0 Å². The third kappa shape index (κ3) is 2.59. The zero-order valence-corrected chi connectivity index (χ0v) is 10.3. The van der Waals surface area contributed by atoms with Gasteiger partial charge in [-0.3, -0.25) is 9.59 Å². The van der Waals surface area contributed by atoms with Crippen LogP contribution in [0.15, 0.2) is 28.3 Å². The van der Waals surface area contributed by atoms with Gasteiger partial charge in [0.1, 0.15) is 5.54 Å². The average molecular weight is 264 g/mol. The molecule has 0 bridgehead atoms. The Kier molecular flexibility index (Phi) is 3.55. The van der Waals surface area contributed by atoms with Crippen LogP contribution in [-0.2, 0) is 0 Å². The molecule has 0 aromatic carbocycles. The first kappa shape index (κ1) is 13.1. The molecule has 1 fully saturated rings. The molecule has 1 amide bonds.